The van der Waals surface area contributed by atoms with E-state index >= 15 is 0 Å². The smallest absolute Gasteiger partial charge is 0.160 e. The summed E-state index contributed by atoms with van der Waals surface area (Å²) in [5.41, 5.74) is 0. The molecule has 2 aliphatic rings. The van der Waals surface area contributed by atoms with E-state index in [9.17, 15) is 4.79 Å². The van der Waals surface area contributed by atoms with Crippen LogP contribution < -0.4 is 0 Å². The van der Waals surface area contributed by atoms with Gasteiger partial charge in [-0.25, -0.2) is 0 Å². The van der Waals surface area contributed by atoms with Gasteiger partial charge in [0, 0.05) is 25.2 Å². The number of rotatable bonds is 7. The molecule has 0 aromatic rings. The van der Waals surface area contributed by atoms with Gasteiger partial charge in [0.2, 0.25) is 0 Å². The monoisotopic (exact) mass is 310 g/mol. The molecule has 0 aromatic carbocycles. The summed E-state index contributed by atoms with van der Waals surface area (Å²) in [6.45, 7) is 6.57. The van der Waals surface area contributed by atoms with Gasteiger partial charge in [0.25, 0.3) is 0 Å². The van der Waals surface area contributed by atoms with E-state index in [0.717, 1.165) is 38.5 Å². The highest BCUT2D eigenvalue weighted by Gasteiger charge is 2.37. The molecule has 3 nitrogen and oxygen atoms in total. The van der Waals surface area contributed by atoms with Gasteiger partial charge in [-0.2, -0.15) is 0 Å². The average molecular weight is 310 g/mol. The van der Waals surface area contributed by atoms with E-state index in [1.54, 1.807) is 0 Å². The third-order valence-electron chi connectivity index (χ3n) is 5.10. The number of carbonyl (C=O) groups excluding carboxylic acids is 1. The van der Waals surface area contributed by atoms with E-state index in [1.807, 2.05) is 0 Å². The second kappa shape index (κ2) is 9.02. The first kappa shape index (κ1) is 17.9. The van der Waals surface area contributed by atoms with Crippen LogP contribution in [-0.2, 0) is 14.3 Å². The standard InChI is InChI=1S/C19H34O3/c1-4-5-6-7-11-17-13-18(22-19(21-17)14(2)3)15-9-8-10-16(20)12-15/h14-15,17-19H,4-13H2,1-3H3/t15-,17+,18+,19+/m1/s1. The van der Waals surface area contributed by atoms with Crippen molar-refractivity contribution in [3.05, 3.63) is 0 Å². The summed E-state index contributed by atoms with van der Waals surface area (Å²) < 4.78 is 12.4. The minimum Gasteiger partial charge on any atom is -0.349 e. The minimum atomic E-state index is -0.0908. The number of ketones is 1. The van der Waals surface area contributed by atoms with Crippen LogP contribution in [-0.4, -0.2) is 24.3 Å². The van der Waals surface area contributed by atoms with Gasteiger partial charge in [-0.3, -0.25) is 4.79 Å². The highest BCUT2D eigenvalue weighted by Crippen LogP contribution is 2.35. The topological polar surface area (TPSA) is 35.5 Å². The maximum atomic E-state index is 11.8. The Kier molecular flexibility index (Phi) is 7.36. The summed E-state index contributed by atoms with van der Waals surface area (Å²) in [6, 6.07) is 0. The molecule has 1 saturated heterocycles. The Morgan fingerprint density at radius 1 is 1.18 bits per heavy atom. The lowest BCUT2D eigenvalue weighted by molar-refractivity contribution is -0.271. The summed E-state index contributed by atoms with van der Waals surface area (Å²) in [6.07, 6.45) is 11.4. The fourth-order valence-electron chi connectivity index (χ4n) is 3.74. The van der Waals surface area contributed by atoms with Crippen LogP contribution in [0.2, 0.25) is 0 Å². The van der Waals surface area contributed by atoms with Gasteiger partial charge in [0.05, 0.1) is 12.2 Å². The fourth-order valence-corrected chi connectivity index (χ4v) is 3.74. The van der Waals surface area contributed by atoms with Crippen molar-refractivity contribution in [3.63, 3.8) is 0 Å². The quantitative estimate of drug-likeness (QED) is 0.629. The summed E-state index contributed by atoms with van der Waals surface area (Å²) >= 11 is 0. The van der Waals surface area contributed by atoms with Crippen LogP contribution in [0.4, 0.5) is 0 Å². The van der Waals surface area contributed by atoms with Crippen molar-refractivity contribution in [2.75, 3.05) is 0 Å². The molecular formula is C19H34O3. The van der Waals surface area contributed by atoms with Crippen LogP contribution >= 0.6 is 0 Å². The lowest BCUT2D eigenvalue weighted by Gasteiger charge is -2.41. The van der Waals surface area contributed by atoms with Crippen molar-refractivity contribution in [3.8, 4) is 0 Å². The van der Waals surface area contributed by atoms with Crippen molar-refractivity contribution < 1.29 is 14.3 Å². The van der Waals surface area contributed by atoms with Gasteiger partial charge in [-0.1, -0.05) is 46.5 Å². The molecule has 1 saturated carbocycles. The molecular weight excluding hydrogens is 276 g/mol. The van der Waals surface area contributed by atoms with Crippen LogP contribution in [0, 0.1) is 11.8 Å². The predicted molar refractivity (Wildman–Crippen MR) is 88.7 cm³/mol. The zero-order chi connectivity index (χ0) is 15.9. The van der Waals surface area contributed by atoms with Crippen molar-refractivity contribution in [2.24, 2.45) is 11.8 Å². The Labute approximate surface area is 136 Å². The Morgan fingerprint density at radius 3 is 2.68 bits per heavy atom. The molecule has 0 spiro atoms. The molecule has 0 amide bonds. The number of Topliss-reactive ketones (excluding diaryl/α,β-unsaturated/α-hetero) is 1. The Balaban J connectivity index is 1.89. The average Bonchev–Trinajstić information content (AvgIpc) is 2.51. The Morgan fingerprint density at radius 2 is 2.00 bits per heavy atom. The molecule has 2 rings (SSSR count). The molecule has 22 heavy (non-hydrogen) atoms. The molecule has 2 fully saturated rings. The molecule has 0 aromatic heterocycles. The molecule has 0 radical (unpaired) electrons. The van der Waals surface area contributed by atoms with Crippen LogP contribution in [0.3, 0.4) is 0 Å². The molecule has 0 bridgehead atoms. The van der Waals surface area contributed by atoms with E-state index in [0.29, 0.717) is 23.7 Å². The maximum Gasteiger partial charge on any atom is 0.160 e. The predicted octanol–water partition coefficient (Wildman–Crippen LogP) is 4.87. The first-order chi connectivity index (χ1) is 10.6. The largest absolute Gasteiger partial charge is 0.349 e. The van der Waals surface area contributed by atoms with E-state index < -0.39 is 0 Å². The molecule has 1 heterocycles. The van der Waals surface area contributed by atoms with E-state index in [1.165, 1.54) is 25.7 Å². The van der Waals surface area contributed by atoms with Crippen molar-refractivity contribution in [2.45, 2.75) is 103 Å². The number of carbonyl (C=O) groups is 1. The minimum absolute atomic E-state index is 0.0908. The van der Waals surface area contributed by atoms with E-state index in [2.05, 4.69) is 20.8 Å². The summed E-state index contributed by atoms with van der Waals surface area (Å²) in [5, 5.41) is 0. The van der Waals surface area contributed by atoms with Gasteiger partial charge in [-0.15, -0.1) is 0 Å². The van der Waals surface area contributed by atoms with Crippen LogP contribution in [0.25, 0.3) is 0 Å². The molecule has 0 N–H and O–H groups in total. The molecule has 0 unspecified atom stereocenters. The molecule has 1 aliphatic carbocycles. The normalized spacial score (nSPS) is 33.4. The maximum absolute atomic E-state index is 11.8. The lowest BCUT2D eigenvalue weighted by atomic mass is 9.81. The second-order valence-electron chi connectivity index (χ2n) is 7.53. The highest BCUT2D eigenvalue weighted by atomic mass is 16.7. The van der Waals surface area contributed by atoms with E-state index in [4.69, 9.17) is 9.47 Å². The van der Waals surface area contributed by atoms with Gasteiger partial charge >= 0.3 is 0 Å². The highest BCUT2D eigenvalue weighted by molar-refractivity contribution is 5.79. The van der Waals surface area contributed by atoms with E-state index in [-0.39, 0.29) is 12.4 Å². The lowest BCUT2D eigenvalue weighted by Crippen LogP contribution is -2.44. The van der Waals surface area contributed by atoms with Crippen LogP contribution in [0.15, 0.2) is 0 Å². The van der Waals surface area contributed by atoms with Gasteiger partial charge in [0.1, 0.15) is 5.78 Å². The van der Waals surface area contributed by atoms with Crippen molar-refractivity contribution >= 4 is 5.78 Å². The molecule has 1 aliphatic heterocycles. The summed E-state index contributed by atoms with van der Waals surface area (Å²) in [7, 11) is 0. The van der Waals surface area contributed by atoms with Crippen LogP contribution in [0.5, 0.6) is 0 Å². The third-order valence-corrected chi connectivity index (χ3v) is 5.10. The molecule has 128 valence electrons. The Hall–Kier alpha value is -0.410. The first-order valence-electron chi connectivity index (χ1n) is 9.42. The zero-order valence-electron chi connectivity index (χ0n) is 14.7. The first-order valence-corrected chi connectivity index (χ1v) is 9.42. The SMILES string of the molecule is CCCCCC[C@H]1C[C@@H]([C@@H]2CCCC(=O)C2)O[C@@H](C(C)C)O1. The van der Waals surface area contributed by atoms with Gasteiger partial charge < -0.3 is 9.47 Å². The number of hydrogen-bond acceptors (Lipinski definition) is 3. The number of hydrogen-bond donors (Lipinski definition) is 0. The number of unbranched alkanes of at least 4 members (excludes halogenated alkanes) is 3. The Bertz CT molecular complexity index is 340. The van der Waals surface area contributed by atoms with Gasteiger partial charge in [0.15, 0.2) is 6.29 Å². The summed E-state index contributed by atoms with van der Waals surface area (Å²) in [5.74, 6) is 1.22. The van der Waals surface area contributed by atoms with Crippen LogP contribution in [0.1, 0.15) is 85.0 Å². The number of ether oxygens (including phenoxy) is 2. The molecule has 3 heteroatoms. The third kappa shape index (κ3) is 5.34. The second-order valence-corrected chi connectivity index (χ2v) is 7.53. The van der Waals surface area contributed by atoms with Gasteiger partial charge in [-0.05, 0) is 25.2 Å². The summed E-state index contributed by atoms with van der Waals surface area (Å²) in [4.78, 5) is 11.8. The zero-order valence-corrected chi connectivity index (χ0v) is 14.7. The van der Waals surface area contributed by atoms with Crippen molar-refractivity contribution in [1.82, 2.24) is 0 Å². The molecule has 4 atom stereocenters. The van der Waals surface area contributed by atoms with Crippen molar-refractivity contribution in [1.29, 1.82) is 0 Å². The fraction of sp³-hybridized carbons (Fsp3) is 0.947.